The maximum absolute atomic E-state index is 11.8. The Bertz CT molecular complexity index is 396. The van der Waals surface area contributed by atoms with Gasteiger partial charge in [0.05, 0.1) is 19.8 Å². The van der Waals surface area contributed by atoms with Crippen molar-refractivity contribution in [2.75, 3.05) is 33.0 Å². The average Bonchev–Trinajstić information content (AvgIpc) is 2.81. The van der Waals surface area contributed by atoms with Gasteiger partial charge in [-0.2, -0.15) is 0 Å². The monoisotopic (exact) mass is 456 g/mol. The van der Waals surface area contributed by atoms with Gasteiger partial charge in [-0.05, 0) is 25.7 Å². The Hall–Kier alpha value is -0.650. The van der Waals surface area contributed by atoms with Gasteiger partial charge in [0.15, 0.2) is 6.29 Å². The van der Waals surface area contributed by atoms with Crippen LogP contribution >= 0.6 is 0 Å². The third kappa shape index (κ3) is 20.0. The van der Waals surface area contributed by atoms with Crippen molar-refractivity contribution >= 4 is 5.97 Å². The summed E-state index contributed by atoms with van der Waals surface area (Å²) < 4.78 is 21.8. The third-order valence-electron chi connectivity index (χ3n) is 6.14. The SMILES string of the molecule is CCCCCCCCCCCCCCCCCC(=O)OCCOCCOC1CCCCO1. The molecule has 1 heterocycles. The van der Waals surface area contributed by atoms with Crippen LogP contribution in [0.3, 0.4) is 0 Å². The van der Waals surface area contributed by atoms with Gasteiger partial charge in [0.2, 0.25) is 0 Å². The highest BCUT2D eigenvalue weighted by Gasteiger charge is 2.13. The van der Waals surface area contributed by atoms with Crippen molar-refractivity contribution in [3.8, 4) is 0 Å². The molecule has 1 fully saturated rings. The minimum atomic E-state index is -0.102. The van der Waals surface area contributed by atoms with Crippen LogP contribution in [0.25, 0.3) is 0 Å². The van der Waals surface area contributed by atoms with E-state index in [-0.39, 0.29) is 12.3 Å². The van der Waals surface area contributed by atoms with E-state index in [9.17, 15) is 4.79 Å². The molecule has 0 N–H and O–H groups in total. The lowest BCUT2D eigenvalue weighted by molar-refractivity contribution is -0.169. The summed E-state index contributed by atoms with van der Waals surface area (Å²) in [7, 11) is 0. The minimum Gasteiger partial charge on any atom is -0.463 e. The molecule has 0 aromatic rings. The maximum Gasteiger partial charge on any atom is 0.305 e. The molecule has 0 radical (unpaired) electrons. The van der Waals surface area contributed by atoms with E-state index >= 15 is 0 Å². The van der Waals surface area contributed by atoms with E-state index in [0.29, 0.717) is 32.8 Å². The molecule has 1 aliphatic rings. The van der Waals surface area contributed by atoms with Gasteiger partial charge in [0.25, 0.3) is 0 Å². The molecule has 1 atom stereocenters. The summed E-state index contributed by atoms with van der Waals surface area (Å²) in [6, 6.07) is 0. The molecule has 1 rings (SSSR count). The number of hydrogen-bond donors (Lipinski definition) is 0. The van der Waals surface area contributed by atoms with Crippen molar-refractivity contribution < 1.29 is 23.7 Å². The molecule has 5 nitrogen and oxygen atoms in total. The van der Waals surface area contributed by atoms with Crippen LogP contribution < -0.4 is 0 Å². The fourth-order valence-electron chi connectivity index (χ4n) is 4.11. The summed E-state index contributed by atoms with van der Waals surface area (Å²) in [5.41, 5.74) is 0. The van der Waals surface area contributed by atoms with Gasteiger partial charge in [-0.25, -0.2) is 0 Å². The van der Waals surface area contributed by atoms with E-state index in [1.54, 1.807) is 0 Å². The number of esters is 1. The van der Waals surface area contributed by atoms with Crippen molar-refractivity contribution in [2.45, 2.75) is 135 Å². The summed E-state index contributed by atoms with van der Waals surface area (Å²) in [5, 5.41) is 0. The highest BCUT2D eigenvalue weighted by Crippen LogP contribution is 2.14. The van der Waals surface area contributed by atoms with Crippen LogP contribution in [0.4, 0.5) is 0 Å². The van der Waals surface area contributed by atoms with Crippen LogP contribution in [0.5, 0.6) is 0 Å². The Kier molecular flexibility index (Phi) is 21.6. The third-order valence-corrected chi connectivity index (χ3v) is 6.14. The number of rotatable bonds is 23. The molecule has 0 amide bonds. The maximum atomic E-state index is 11.8. The molecule has 1 aliphatic heterocycles. The van der Waals surface area contributed by atoms with E-state index in [2.05, 4.69) is 6.92 Å². The Balaban J connectivity index is 1.70. The molecule has 5 heteroatoms. The Morgan fingerprint density at radius 3 is 1.84 bits per heavy atom. The van der Waals surface area contributed by atoms with Gasteiger partial charge in [0.1, 0.15) is 6.61 Å². The number of carbonyl (C=O) groups is 1. The summed E-state index contributed by atoms with van der Waals surface area (Å²) in [5.74, 6) is -0.102. The molecule has 190 valence electrons. The lowest BCUT2D eigenvalue weighted by atomic mass is 10.0. The van der Waals surface area contributed by atoms with Gasteiger partial charge in [-0.1, -0.05) is 96.8 Å². The Morgan fingerprint density at radius 2 is 1.28 bits per heavy atom. The first-order valence-electron chi connectivity index (χ1n) is 13.8. The largest absolute Gasteiger partial charge is 0.463 e. The topological polar surface area (TPSA) is 54.0 Å². The summed E-state index contributed by atoms with van der Waals surface area (Å²) in [6.45, 7) is 4.87. The summed E-state index contributed by atoms with van der Waals surface area (Å²) in [6.07, 6.45) is 23.7. The zero-order chi connectivity index (χ0) is 23.0. The van der Waals surface area contributed by atoms with Gasteiger partial charge in [-0.3, -0.25) is 4.79 Å². The van der Waals surface area contributed by atoms with Crippen LogP contribution in [0.1, 0.15) is 129 Å². The first-order chi connectivity index (χ1) is 15.8. The standard InChI is InChI=1S/C27H52O5/c1-2-3-4-5-6-7-8-9-10-11-12-13-14-15-16-19-26(28)30-24-22-29-23-25-32-27-20-17-18-21-31-27/h27H,2-25H2,1H3. The van der Waals surface area contributed by atoms with Gasteiger partial charge in [0, 0.05) is 13.0 Å². The minimum absolute atomic E-state index is 0.0694. The van der Waals surface area contributed by atoms with Gasteiger partial charge < -0.3 is 18.9 Å². The van der Waals surface area contributed by atoms with Crippen LogP contribution in [-0.4, -0.2) is 45.3 Å². The lowest BCUT2D eigenvalue weighted by Crippen LogP contribution is -2.24. The Labute approximate surface area is 198 Å². The molecule has 1 saturated heterocycles. The quantitative estimate of drug-likeness (QED) is 0.119. The predicted octanol–water partition coefficient (Wildman–Crippen LogP) is 7.35. The number of hydrogen-bond acceptors (Lipinski definition) is 5. The molecule has 1 unspecified atom stereocenters. The molecular weight excluding hydrogens is 404 g/mol. The fraction of sp³-hybridized carbons (Fsp3) is 0.963. The second-order valence-electron chi connectivity index (χ2n) is 9.20. The Morgan fingerprint density at radius 1 is 0.719 bits per heavy atom. The van der Waals surface area contributed by atoms with Crippen molar-refractivity contribution in [3.63, 3.8) is 0 Å². The van der Waals surface area contributed by atoms with E-state index in [0.717, 1.165) is 32.3 Å². The summed E-state index contributed by atoms with van der Waals surface area (Å²) in [4.78, 5) is 11.8. The second-order valence-corrected chi connectivity index (χ2v) is 9.20. The average molecular weight is 457 g/mol. The van der Waals surface area contributed by atoms with Crippen LogP contribution in [0.2, 0.25) is 0 Å². The molecule has 0 bridgehead atoms. The molecule has 0 aliphatic carbocycles. The van der Waals surface area contributed by atoms with Crippen LogP contribution in [-0.2, 0) is 23.7 Å². The van der Waals surface area contributed by atoms with Gasteiger partial charge >= 0.3 is 5.97 Å². The molecule has 32 heavy (non-hydrogen) atoms. The molecule has 0 aromatic carbocycles. The predicted molar refractivity (Wildman–Crippen MR) is 131 cm³/mol. The van der Waals surface area contributed by atoms with Crippen molar-refractivity contribution in [2.24, 2.45) is 0 Å². The van der Waals surface area contributed by atoms with E-state index in [1.807, 2.05) is 0 Å². The van der Waals surface area contributed by atoms with E-state index in [4.69, 9.17) is 18.9 Å². The zero-order valence-corrected chi connectivity index (χ0v) is 21.1. The summed E-state index contributed by atoms with van der Waals surface area (Å²) >= 11 is 0. The van der Waals surface area contributed by atoms with E-state index in [1.165, 1.54) is 89.9 Å². The highest BCUT2D eigenvalue weighted by atomic mass is 16.7. The molecule has 0 saturated carbocycles. The molecule has 0 spiro atoms. The van der Waals surface area contributed by atoms with E-state index < -0.39 is 0 Å². The first-order valence-corrected chi connectivity index (χ1v) is 13.8. The first kappa shape index (κ1) is 29.4. The normalized spacial score (nSPS) is 16.3. The number of unbranched alkanes of at least 4 members (excludes halogenated alkanes) is 14. The number of carbonyl (C=O) groups excluding carboxylic acids is 1. The van der Waals surface area contributed by atoms with Crippen molar-refractivity contribution in [1.82, 2.24) is 0 Å². The smallest absolute Gasteiger partial charge is 0.305 e. The highest BCUT2D eigenvalue weighted by molar-refractivity contribution is 5.69. The lowest BCUT2D eigenvalue weighted by Gasteiger charge is -2.22. The zero-order valence-electron chi connectivity index (χ0n) is 21.1. The van der Waals surface area contributed by atoms with Crippen molar-refractivity contribution in [1.29, 1.82) is 0 Å². The van der Waals surface area contributed by atoms with Crippen molar-refractivity contribution in [3.05, 3.63) is 0 Å². The van der Waals surface area contributed by atoms with Crippen LogP contribution in [0, 0.1) is 0 Å². The number of ether oxygens (including phenoxy) is 4. The van der Waals surface area contributed by atoms with Gasteiger partial charge in [-0.15, -0.1) is 0 Å². The molecule has 0 aromatic heterocycles. The molecular formula is C27H52O5. The van der Waals surface area contributed by atoms with Crippen LogP contribution in [0.15, 0.2) is 0 Å². The fourth-order valence-corrected chi connectivity index (χ4v) is 4.11. The second kappa shape index (κ2) is 23.5.